The zero-order chi connectivity index (χ0) is 21.6. The Morgan fingerprint density at radius 2 is 1.84 bits per heavy atom. The van der Waals surface area contributed by atoms with Crippen molar-refractivity contribution in [3.8, 4) is 5.75 Å². The van der Waals surface area contributed by atoms with Crippen molar-refractivity contribution in [2.24, 2.45) is 5.73 Å². The Morgan fingerprint density at radius 3 is 2.58 bits per heavy atom. The molecular weight excluding hydrogens is 392 g/mol. The maximum atomic E-state index is 9.64. The standard InChI is InChI=1S/C24H26N4O3/c1-2-18(25)15-27-21-12-13-26-23(28-21)24-30-20(14-16-6-4-3-5-7-16)22(31-24)17-8-10-19(29)11-9-17/h3-13,18,24,29H,2,14-15,25H2,1H3,(H,26,27,28)/t18-,24?/m0/s1. The van der Waals surface area contributed by atoms with Gasteiger partial charge in [0, 0.05) is 30.8 Å². The number of phenolic OH excluding ortho intramolecular Hbond substituents is 1. The lowest BCUT2D eigenvalue weighted by Gasteiger charge is -2.14. The van der Waals surface area contributed by atoms with Crippen LogP contribution in [0, 0.1) is 0 Å². The van der Waals surface area contributed by atoms with Crippen LogP contribution < -0.4 is 11.1 Å². The number of nitrogens with zero attached hydrogens (tertiary/aromatic N) is 2. The highest BCUT2D eigenvalue weighted by molar-refractivity contribution is 5.64. The summed E-state index contributed by atoms with van der Waals surface area (Å²) >= 11 is 0. The molecule has 0 amide bonds. The van der Waals surface area contributed by atoms with E-state index in [1.165, 1.54) is 0 Å². The molecular formula is C24H26N4O3. The Kier molecular flexibility index (Phi) is 6.33. The maximum absolute atomic E-state index is 9.64. The number of hydrogen-bond donors (Lipinski definition) is 3. The van der Waals surface area contributed by atoms with Crippen LogP contribution >= 0.6 is 0 Å². The van der Waals surface area contributed by atoms with Crippen molar-refractivity contribution in [3.05, 3.63) is 89.6 Å². The first kappa shape index (κ1) is 20.7. The minimum Gasteiger partial charge on any atom is -0.508 e. The number of allylic oxidation sites excluding steroid dienone is 1. The molecule has 1 unspecified atom stereocenters. The van der Waals surface area contributed by atoms with Gasteiger partial charge in [-0.1, -0.05) is 37.3 Å². The Labute approximate surface area is 181 Å². The summed E-state index contributed by atoms with van der Waals surface area (Å²) in [5.41, 5.74) is 7.90. The van der Waals surface area contributed by atoms with Crippen molar-refractivity contribution in [1.82, 2.24) is 9.97 Å². The van der Waals surface area contributed by atoms with Gasteiger partial charge in [0.1, 0.15) is 17.3 Å². The molecule has 2 aromatic carbocycles. The number of anilines is 1. The van der Waals surface area contributed by atoms with Gasteiger partial charge >= 0.3 is 6.29 Å². The lowest BCUT2D eigenvalue weighted by atomic mass is 10.1. The Balaban J connectivity index is 1.57. The second-order valence-corrected chi connectivity index (χ2v) is 7.38. The molecule has 0 fully saturated rings. The quantitative estimate of drug-likeness (QED) is 0.508. The average Bonchev–Trinajstić information content (AvgIpc) is 3.22. The number of aromatic nitrogens is 2. The average molecular weight is 418 g/mol. The molecule has 0 radical (unpaired) electrons. The summed E-state index contributed by atoms with van der Waals surface area (Å²) in [4.78, 5) is 8.90. The molecule has 1 aromatic heterocycles. The molecule has 31 heavy (non-hydrogen) atoms. The van der Waals surface area contributed by atoms with E-state index in [1.807, 2.05) is 37.3 Å². The van der Waals surface area contributed by atoms with Gasteiger partial charge in [0.15, 0.2) is 5.76 Å². The molecule has 7 nitrogen and oxygen atoms in total. The molecule has 160 valence electrons. The zero-order valence-electron chi connectivity index (χ0n) is 17.4. The van der Waals surface area contributed by atoms with E-state index in [0.29, 0.717) is 36.1 Å². The highest BCUT2D eigenvalue weighted by atomic mass is 16.7. The molecule has 0 saturated carbocycles. The van der Waals surface area contributed by atoms with Crippen molar-refractivity contribution in [2.45, 2.75) is 32.1 Å². The number of nitrogens with one attached hydrogen (secondary N) is 1. The van der Waals surface area contributed by atoms with Crippen molar-refractivity contribution in [2.75, 3.05) is 11.9 Å². The lowest BCUT2D eigenvalue weighted by Crippen LogP contribution is -2.28. The third kappa shape index (κ3) is 5.13. The van der Waals surface area contributed by atoms with Crippen molar-refractivity contribution in [3.63, 3.8) is 0 Å². The van der Waals surface area contributed by atoms with E-state index in [4.69, 9.17) is 15.2 Å². The molecule has 2 atom stereocenters. The Morgan fingerprint density at radius 1 is 1.06 bits per heavy atom. The number of benzene rings is 2. The summed E-state index contributed by atoms with van der Waals surface area (Å²) in [5, 5.41) is 12.9. The van der Waals surface area contributed by atoms with Crippen molar-refractivity contribution in [1.29, 1.82) is 0 Å². The number of nitrogens with two attached hydrogens (primary N) is 1. The van der Waals surface area contributed by atoms with Crippen LogP contribution in [0.5, 0.6) is 5.75 Å². The first-order chi connectivity index (χ1) is 15.1. The number of phenols is 1. The molecule has 4 rings (SSSR count). The fourth-order valence-corrected chi connectivity index (χ4v) is 3.20. The first-order valence-electron chi connectivity index (χ1n) is 10.3. The molecule has 2 heterocycles. The van der Waals surface area contributed by atoms with Gasteiger partial charge in [0.2, 0.25) is 5.82 Å². The lowest BCUT2D eigenvalue weighted by molar-refractivity contribution is -0.0351. The predicted molar refractivity (Wildman–Crippen MR) is 119 cm³/mol. The largest absolute Gasteiger partial charge is 0.508 e. The van der Waals surface area contributed by atoms with Gasteiger partial charge < -0.3 is 25.6 Å². The molecule has 0 aliphatic carbocycles. The summed E-state index contributed by atoms with van der Waals surface area (Å²) in [5.74, 6) is 2.59. The van der Waals surface area contributed by atoms with Crippen LogP contribution in [0.2, 0.25) is 0 Å². The highest BCUT2D eigenvalue weighted by Gasteiger charge is 2.32. The second kappa shape index (κ2) is 9.49. The van der Waals surface area contributed by atoms with Gasteiger partial charge in [-0.15, -0.1) is 0 Å². The number of ether oxygens (including phenoxy) is 2. The van der Waals surface area contributed by atoms with E-state index in [0.717, 1.165) is 17.5 Å². The summed E-state index contributed by atoms with van der Waals surface area (Å²) in [6, 6.07) is 18.7. The summed E-state index contributed by atoms with van der Waals surface area (Å²) in [7, 11) is 0. The molecule has 0 spiro atoms. The molecule has 1 aliphatic rings. The summed E-state index contributed by atoms with van der Waals surface area (Å²) in [6.07, 6.45) is 2.35. The van der Waals surface area contributed by atoms with Crippen LogP contribution in [0.3, 0.4) is 0 Å². The van der Waals surface area contributed by atoms with Gasteiger partial charge in [-0.3, -0.25) is 0 Å². The fourth-order valence-electron chi connectivity index (χ4n) is 3.20. The number of rotatable bonds is 8. The Bertz CT molecular complexity index is 1040. The van der Waals surface area contributed by atoms with E-state index >= 15 is 0 Å². The number of aromatic hydroxyl groups is 1. The van der Waals surface area contributed by atoms with Crippen LogP contribution in [0.15, 0.2) is 72.6 Å². The van der Waals surface area contributed by atoms with Gasteiger partial charge in [0.05, 0.1) is 0 Å². The third-order valence-corrected chi connectivity index (χ3v) is 5.02. The van der Waals surface area contributed by atoms with Gasteiger partial charge in [-0.25, -0.2) is 9.97 Å². The monoisotopic (exact) mass is 418 g/mol. The smallest absolute Gasteiger partial charge is 0.302 e. The van der Waals surface area contributed by atoms with E-state index in [2.05, 4.69) is 15.3 Å². The van der Waals surface area contributed by atoms with Gasteiger partial charge in [-0.2, -0.15) is 0 Å². The Hall–Kier alpha value is -3.58. The van der Waals surface area contributed by atoms with Crippen LogP contribution in [-0.2, 0) is 15.9 Å². The van der Waals surface area contributed by atoms with Crippen molar-refractivity contribution < 1.29 is 14.6 Å². The van der Waals surface area contributed by atoms with E-state index < -0.39 is 6.29 Å². The number of hydrogen-bond acceptors (Lipinski definition) is 7. The molecule has 3 aromatic rings. The molecule has 7 heteroatoms. The molecule has 1 aliphatic heterocycles. The van der Waals surface area contributed by atoms with Crippen LogP contribution in [0.1, 0.15) is 36.6 Å². The molecule has 0 saturated heterocycles. The van der Waals surface area contributed by atoms with Crippen LogP contribution in [-0.4, -0.2) is 27.7 Å². The van der Waals surface area contributed by atoms with Crippen LogP contribution in [0.4, 0.5) is 5.82 Å². The van der Waals surface area contributed by atoms with Crippen molar-refractivity contribution >= 4 is 11.6 Å². The minimum absolute atomic E-state index is 0.0534. The molecule has 0 bridgehead atoms. The van der Waals surface area contributed by atoms with Gasteiger partial charge in [0.25, 0.3) is 0 Å². The van der Waals surface area contributed by atoms with Crippen LogP contribution in [0.25, 0.3) is 5.76 Å². The fraction of sp³-hybridized carbons (Fsp3) is 0.250. The third-order valence-electron chi connectivity index (χ3n) is 5.02. The van der Waals surface area contributed by atoms with Gasteiger partial charge in [-0.05, 0) is 42.3 Å². The topological polar surface area (TPSA) is 103 Å². The highest BCUT2D eigenvalue weighted by Crippen LogP contribution is 2.39. The van der Waals surface area contributed by atoms with E-state index in [-0.39, 0.29) is 11.8 Å². The SMILES string of the molecule is CC[C@H](N)CNc1ccnc(C2OC(Cc3ccccc3)=C(c3ccc(O)cc3)O2)n1. The van der Waals surface area contributed by atoms with E-state index in [9.17, 15) is 5.11 Å². The van der Waals surface area contributed by atoms with E-state index in [1.54, 1.807) is 36.5 Å². The predicted octanol–water partition coefficient (Wildman–Crippen LogP) is 3.99. The maximum Gasteiger partial charge on any atom is 0.302 e. The second-order valence-electron chi connectivity index (χ2n) is 7.38. The molecule has 4 N–H and O–H groups in total. The first-order valence-corrected chi connectivity index (χ1v) is 10.3. The minimum atomic E-state index is -0.760. The normalized spacial score (nSPS) is 16.5. The summed E-state index contributed by atoms with van der Waals surface area (Å²) in [6.45, 7) is 2.67. The summed E-state index contributed by atoms with van der Waals surface area (Å²) < 4.78 is 12.3. The zero-order valence-corrected chi connectivity index (χ0v) is 17.4.